The Morgan fingerprint density at radius 2 is 1.82 bits per heavy atom. The van der Waals surface area contributed by atoms with E-state index in [4.69, 9.17) is 0 Å². The molecule has 0 aromatic carbocycles. The molecule has 3 amide bonds. The summed E-state index contributed by atoms with van der Waals surface area (Å²) in [6.07, 6.45) is 2.52. The van der Waals surface area contributed by atoms with Crippen molar-refractivity contribution in [1.29, 1.82) is 0 Å². The van der Waals surface area contributed by atoms with E-state index < -0.39 is 17.5 Å². The Balaban J connectivity index is 2.61. The zero-order valence-electron chi connectivity index (χ0n) is 18.2. The molecule has 1 rings (SSSR count). The van der Waals surface area contributed by atoms with E-state index in [2.05, 4.69) is 16.0 Å². The van der Waals surface area contributed by atoms with Gasteiger partial charge in [-0.2, -0.15) is 0 Å². The molecule has 1 heterocycles. The van der Waals surface area contributed by atoms with Crippen molar-refractivity contribution in [2.24, 2.45) is 5.41 Å². The maximum atomic E-state index is 12.6. The Kier molecular flexibility index (Phi) is 9.36. The number of rotatable bonds is 9. The first-order valence-corrected chi connectivity index (χ1v) is 10.2. The highest BCUT2D eigenvalue weighted by atomic mass is 16.3. The molecular weight excluding hydrogens is 360 g/mol. The quantitative estimate of drug-likeness (QED) is 0.449. The van der Waals surface area contributed by atoms with Crippen molar-refractivity contribution in [3.8, 4) is 0 Å². The molecule has 1 aliphatic heterocycles. The van der Waals surface area contributed by atoms with Crippen LogP contribution in [0.4, 0.5) is 0 Å². The number of nitrogens with zero attached hydrogens (tertiary/aromatic N) is 1. The molecule has 162 valence electrons. The van der Waals surface area contributed by atoms with E-state index in [1.165, 1.54) is 0 Å². The van der Waals surface area contributed by atoms with Crippen LogP contribution < -0.4 is 16.0 Å². The van der Waals surface area contributed by atoms with Gasteiger partial charge in [0.05, 0.1) is 6.10 Å². The van der Waals surface area contributed by atoms with Gasteiger partial charge >= 0.3 is 0 Å². The smallest absolute Gasteiger partial charge is 0.242 e. The molecule has 4 unspecified atom stereocenters. The third-order valence-corrected chi connectivity index (χ3v) is 5.08. The zero-order valence-corrected chi connectivity index (χ0v) is 18.2. The molecule has 8 nitrogen and oxygen atoms in total. The van der Waals surface area contributed by atoms with Crippen LogP contribution in [-0.4, -0.2) is 72.1 Å². The van der Waals surface area contributed by atoms with Gasteiger partial charge < -0.3 is 21.1 Å². The highest BCUT2D eigenvalue weighted by Gasteiger charge is 2.30. The molecule has 0 aromatic rings. The Bertz CT molecular complexity index is 547. The van der Waals surface area contributed by atoms with Crippen LogP contribution in [-0.2, 0) is 14.4 Å². The van der Waals surface area contributed by atoms with Crippen LogP contribution >= 0.6 is 0 Å². The summed E-state index contributed by atoms with van der Waals surface area (Å²) in [5, 5.41) is 18.1. The van der Waals surface area contributed by atoms with E-state index in [1.807, 2.05) is 18.9 Å². The molecule has 1 saturated heterocycles. The average molecular weight is 399 g/mol. The lowest BCUT2D eigenvalue weighted by Gasteiger charge is -2.25. The standard InChI is InChI=1S/C20H38N4O4/c1-7-8-9-16(18(27)21-11-14-10-15(25)12-24(14)6)23-17(26)13(2)22-19(28)20(3,4)5/h13-16,25H,7-12H2,1-6H3,(H,21,27)(H,22,28)(H,23,26). The molecule has 28 heavy (non-hydrogen) atoms. The van der Waals surface area contributed by atoms with Gasteiger partial charge in [-0.3, -0.25) is 19.3 Å². The van der Waals surface area contributed by atoms with Gasteiger partial charge in [0.15, 0.2) is 0 Å². The SMILES string of the molecule is CCCCC(NC(=O)C(C)NC(=O)C(C)(C)C)C(=O)NCC1CC(O)CN1C. The number of unbranched alkanes of at least 4 members (excludes halogenated alkanes) is 1. The minimum absolute atomic E-state index is 0.0893. The lowest BCUT2D eigenvalue weighted by molar-refractivity contribution is -0.134. The van der Waals surface area contributed by atoms with E-state index in [9.17, 15) is 19.5 Å². The fourth-order valence-corrected chi connectivity index (χ4v) is 3.08. The number of hydrogen-bond donors (Lipinski definition) is 4. The van der Waals surface area contributed by atoms with Gasteiger partial charge in [-0.1, -0.05) is 40.5 Å². The molecule has 0 aliphatic carbocycles. The topological polar surface area (TPSA) is 111 Å². The summed E-state index contributed by atoms with van der Waals surface area (Å²) in [6, 6.07) is -1.27. The summed E-state index contributed by atoms with van der Waals surface area (Å²) in [5.41, 5.74) is -0.592. The number of likely N-dealkylation sites (N-methyl/N-ethyl adjacent to an activating group) is 1. The van der Waals surface area contributed by atoms with Crippen molar-refractivity contribution in [3.05, 3.63) is 0 Å². The van der Waals surface area contributed by atoms with Crippen LogP contribution in [0.1, 0.15) is 60.3 Å². The van der Waals surface area contributed by atoms with Crippen molar-refractivity contribution in [2.45, 2.75) is 84.5 Å². The molecule has 0 bridgehead atoms. The molecule has 4 N–H and O–H groups in total. The molecule has 0 saturated carbocycles. The van der Waals surface area contributed by atoms with E-state index in [-0.39, 0.29) is 29.9 Å². The first-order valence-electron chi connectivity index (χ1n) is 10.2. The maximum Gasteiger partial charge on any atom is 0.242 e. The van der Waals surface area contributed by atoms with Gasteiger partial charge in [0.2, 0.25) is 17.7 Å². The van der Waals surface area contributed by atoms with E-state index in [0.717, 1.165) is 12.8 Å². The zero-order chi connectivity index (χ0) is 21.5. The lowest BCUT2D eigenvalue weighted by atomic mass is 9.95. The number of aliphatic hydroxyl groups excluding tert-OH is 1. The van der Waals surface area contributed by atoms with Crippen LogP contribution in [0.25, 0.3) is 0 Å². The van der Waals surface area contributed by atoms with Crippen LogP contribution in [0.15, 0.2) is 0 Å². The van der Waals surface area contributed by atoms with Crippen molar-refractivity contribution >= 4 is 17.7 Å². The summed E-state index contributed by atoms with van der Waals surface area (Å²) in [5.74, 6) is -0.819. The van der Waals surface area contributed by atoms with Gasteiger partial charge in [-0.25, -0.2) is 0 Å². The maximum absolute atomic E-state index is 12.6. The predicted molar refractivity (Wildman–Crippen MR) is 109 cm³/mol. The van der Waals surface area contributed by atoms with Crippen molar-refractivity contribution in [3.63, 3.8) is 0 Å². The first-order chi connectivity index (χ1) is 13.0. The Morgan fingerprint density at radius 3 is 2.32 bits per heavy atom. The number of carbonyl (C=O) groups is 3. The number of nitrogens with one attached hydrogen (secondary N) is 3. The monoisotopic (exact) mass is 398 g/mol. The lowest BCUT2D eigenvalue weighted by Crippen LogP contribution is -2.54. The fourth-order valence-electron chi connectivity index (χ4n) is 3.08. The Labute approximate surface area is 168 Å². The molecule has 1 fully saturated rings. The number of likely N-dealkylation sites (tertiary alicyclic amines) is 1. The third kappa shape index (κ3) is 7.75. The van der Waals surface area contributed by atoms with Crippen LogP contribution in [0.3, 0.4) is 0 Å². The average Bonchev–Trinajstić information content (AvgIpc) is 2.92. The highest BCUT2D eigenvalue weighted by molar-refractivity contribution is 5.92. The van der Waals surface area contributed by atoms with Crippen molar-refractivity contribution in [2.75, 3.05) is 20.1 Å². The summed E-state index contributed by atoms with van der Waals surface area (Å²) in [6.45, 7) is 10.0. The largest absolute Gasteiger partial charge is 0.392 e. The summed E-state index contributed by atoms with van der Waals surface area (Å²) in [4.78, 5) is 39.2. The summed E-state index contributed by atoms with van der Waals surface area (Å²) < 4.78 is 0. The molecule has 8 heteroatoms. The van der Waals surface area contributed by atoms with E-state index in [0.29, 0.717) is 25.9 Å². The molecule has 0 spiro atoms. The fraction of sp³-hybridized carbons (Fsp3) is 0.850. The van der Waals surface area contributed by atoms with Gasteiger partial charge in [0, 0.05) is 24.5 Å². The number of β-amino-alcohol motifs (C(OH)–C–C–N with tert-alkyl or cyclic N) is 1. The molecule has 0 aromatic heterocycles. The molecule has 4 atom stereocenters. The predicted octanol–water partition coefficient (Wildman–Crippen LogP) is 0.393. The third-order valence-electron chi connectivity index (χ3n) is 5.08. The van der Waals surface area contributed by atoms with Gasteiger partial charge in [0.1, 0.15) is 12.1 Å². The second kappa shape index (κ2) is 10.8. The number of aliphatic hydroxyl groups is 1. The number of hydrogen-bond acceptors (Lipinski definition) is 5. The second-order valence-electron chi connectivity index (χ2n) is 8.88. The van der Waals surface area contributed by atoms with Gasteiger partial charge in [-0.15, -0.1) is 0 Å². The summed E-state index contributed by atoms with van der Waals surface area (Å²) in [7, 11) is 1.92. The number of amides is 3. The highest BCUT2D eigenvalue weighted by Crippen LogP contribution is 2.15. The minimum Gasteiger partial charge on any atom is -0.392 e. The van der Waals surface area contributed by atoms with Crippen molar-refractivity contribution < 1.29 is 19.5 Å². The Morgan fingerprint density at radius 1 is 1.18 bits per heavy atom. The van der Waals surface area contributed by atoms with Gasteiger partial charge in [0.25, 0.3) is 0 Å². The second-order valence-corrected chi connectivity index (χ2v) is 8.88. The summed E-state index contributed by atoms with van der Waals surface area (Å²) >= 11 is 0. The Hall–Kier alpha value is -1.67. The van der Waals surface area contributed by atoms with E-state index in [1.54, 1.807) is 27.7 Å². The van der Waals surface area contributed by atoms with Crippen LogP contribution in [0.2, 0.25) is 0 Å². The molecular formula is C20H38N4O4. The normalized spacial score (nSPS) is 22.4. The first kappa shape index (κ1) is 24.4. The minimum atomic E-state index is -0.722. The van der Waals surface area contributed by atoms with E-state index >= 15 is 0 Å². The number of carbonyl (C=O) groups excluding carboxylic acids is 3. The van der Waals surface area contributed by atoms with Crippen LogP contribution in [0.5, 0.6) is 0 Å². The molecule has 1 aliphatic rings. The van der Waals surface area contributed by atoms with Gasteiger partial charge in [-0.05, 0) is 26.8 Å². The van der Waals surface area contributed by atoms with Crippen molar-refractivity contribution in [1.82, 2.24) is 20.9 Å². The van der Waals surface area contributed by atoms with Crippen LogP contribution in [0, 0.1) is 5.41 Å². The molecule has 0 radical (unpaired) electrons.